The van der Waals surface area contributed by atoms with Gasteiger partial charge in [-0.1, -0.05) is 11.6 Å². The van der Waals surface area contributed by atoms with Gasteiger partial charge in [0, 0.05) is 24.0 Å². The fourth-order valence-electron chi connectivity index (χ4n) is 3.37. The number of aromatic nitrogens is 2. The minimum atomic E-state index is -0.132. The molecule has 8 heteroatoms. The summed E-state index contributed by atoms with van der Waals surface area (Å²) in [5.41, 5.74) is 1.53. The van der Waals surface area contributed by atoms with E-state index in [9.17, 15) is 10.1 Å². The molecule has 29 heavy (non-hydrogen) atoms. The molecule has 0 aliphatic carbocycles. The Morgan fingerprint density at radius 3 is 2.69 bits per heavy atom. The van der Waals surface area contributed by atoms with Gasteiger partial charge in [-0.2, -0.15) is 5.26 Å². The van der Waals surface area contributed by atoms with Crippen molar-refractivity contribution in [2.75, 3.05) is 23.3 Å². The number of nitriles is 1. The van der Waals surface area contributed by atoms with Gasteiger partial charge in [0.2, 0.25) is 5.91 Å². The molecule has 1 fully saturated rings. The van der Waals surface area contributed by atoms with Crippen LogP contribution >= 0.6 is 11.6 Å². The Labute approximate surface area is 172 Å². The number of halogens is 1. The summed E-state index contributed by atoms with van der Waals surface area (Å²) in [6, 6.07) is 14.3. The largest absolute Gasteiger partial charge is 0.463 e. The van der Waals surface area contributed by atoms with Crippen LogP contribution in [-0.2, 0) is 4.79 Å². The number of anilines is 2. The first kappa shape index (κ1) is 19.0. The van der Waals surface area contributed by atoms with E-state index in [0.29, 0.717) is 53.7 Å². The van der Waals surface area contributed by atoms with Gasteiger partial charge in [-0.05, 0) is 55.3 Å². The number of hydrogen-bond donors (Lipinski definition) is 1. The molecule has 1 N–H and O–H groups in total. The van der Waals surface area contributed by atoms with Crippen molar-refractivity contribution in [3.8, 4) is 17.5 Å². The quantitative estimate of drug-likeness (QED) is 0.699. The summed E-state index contributed by atoms with van der Waals surface area (Å²) < 4.78 is 5.33. The average Bonchev–Trinajstić information content (AvgIpc) is 3.29. The topological polar surface area (TPSA) is 95.1 Å². The Balaban J connectivity index is 1.36. The van der Waals surface area contributed by atoms with E-state index in [4.69, 9.17) is 16.0 Å². The lowest BCUT2D eigenvalue weighted by molar-refractivity contribution is -0.120. The second-order valence-corrected chi connectivity index (χ2v) is 7.24. The summed E-state index contributed by atoms with van der Waals surface area (Å²) in [7, 11) is 0. The van der Waals surface area contributed by atoms with Gasteiger partial charge < -0.3 is 14.6 Å². The highest BCUT2D eigenvalue weighted by atomic mass is 35.5. The molecule has 2 aromatic heterocycles. The number of amides is 1. The van der Waals surface area contributed by atoms with Crippen LogP contribution in [0.3, 0.4) is 0 Å². The zero-order chi connectivity index (χ0) is 20.2. The van der Waals surface area contributed by atoms with Gasteiger partial charge >= 0.3 is 0 Å². The molecule has 0 spiro atoms. The van der Waals surface area contributed by atoms with Crippen LogP contribution in [0.5, 0.6) is 0 Å². The van der Waals surface area contributed by atoms with Crippen molar-refractivity contribution < 1.29 is 9.21 Å². The normalized spacial score (nSPS) is 14.4. The van der Waals surface area contributed by atoms with E-state index in [2.05, 4.69) is 26.5 Å². The van der Waals surface area contributed by atoms with Crippen LogP contribution in [0.2, 0.25) is 5.02 Å². The van der Waals surface area contributed by atoms with E-state index in [1.165, 1.54) is 0 Å². The van der Waals surface area contributed by atoms with Gasteiger partial charge in [0.1, 0.15) is 11.8 Å². The van der Waals surface area contributed by atoms with Crippen LogP contribution in [0.4, 0.5) is 11.5 Å². The fourth-order valence-corrected chi connectivity index (χ4v) is 3.54. The van der Waals surface area contributed by atoms with Gasteiger partial charge in [0.15, 0.2) is 11.6 Å². The highest BCUT2D eigenvalue weighted by Gasteiger charge is 2.26. The third-order valence-corrected chi connectivity index (χ3v) is 5.21. The van der Waals surface area contributed by atoms with Crippen molar-refractivity contribution in [2.45, 2.75) is 12.8 Å². The van der Waals surface area contributed by atoms with Crippen molar-refractivity contribution in [3.63, 3.8) is 0 Å². The van der Waals surface area contributed by atoms with E-state index in [1.54, 1.807) is 24.5 Å². The molecule has 0 unspecified atom stereocenters. The molecule has 146 valence electrons. The summed E-state index contributed by atoms with van der Waals surface area (Å²) in [6.45, 7) is 1.40. The number of nitrogens with zero attached hydrogens (tertiary/aromatic N) is 4. The Morgan fingerprint density at radius 2 is 2.03 bits per heavy atom. The Morgan fingerprint density at radius 1 is 1.21 bits per heavy atom. The smallest absolute Gasteiger partial charge is 0.227 e. The first-order valence-corrected chi connectivity index (χ1v) is 9.65. The number of carbonyl (C=O) groups excluding carboxylic acids is 1. The molecule has 1 saturated heterocycles. The molecule has 0 radical (unpaired) electrons. The minimum Gasteiger partial charge on any atom is -0.463 e. The molecule has 3 aromatic rings. The summed E-state index contributed by atoms with van der Waals surface area (Å²) >= 11 is 5.99. The maximum Gasteiger partial charge on any atom is 0.227 e. The second kappa shape index (κ2) is 8.33. The van der Waals surface area contributed by atoms with E-state index in [1.807, 2.05) is 24.3 Å². The third-order valence-electron chi connectivity index (χ3n) is 4.97. The predicted octanol–water partition coefficient (Wildman–Crippen LogP) is 4.12. The molecule has 1 amide bonds. The van der Waals surface area contributed by atoms with Crippen LogP contribution in [0.25, 0.3) is 11.5 Å². The number of benzene rings is 1. The van der Waals surface area contributed by atoms with Crippen molar-refractivity contribution in [1.82, 2.24) is 10.2 Å². The molecule has 4 rings (SSSR count). The SMILES string of the molecule is N#Cc1ccc(Cl)cc1NC(=O)C1CCN(c2ccc(-c3ccco3)nn2)CC1. The van der Waals surface area contributed by atoms with Gasteiger partial charge in [-0.25, -0.2) is 0 Å². The summed E-state index contributed by atoms with van der Waals surface area (Å²) in [5, 5.41) is 21.0. The maximum absolute atomic E-state index is 12.6. The minimum absolute atomic E-state index is 0.0948. The number of furan rings is 1. The number of piperidine rings is 1. The lowest BCUT2D eigenvalue weighted by Crippen LogP contribution is -2.38. The lowest BCUT2D eigenvalue weighted by Gasteiger charge is -2.31. The predicted molar refractivity (Wildman–Crippen MR) is 109 cm³/mol. The fraction of sp³-hybridized carbons (Fsp3) is 0.238. The number of nitrogens with one attached hydrogen (secondary N) is 1. The lowest BCUT2D eigenvalue weighted by atomic mass is 9.95. The molecular formula is C21H18ClN5O2. The zero-order valence-electron chi connectivity index (χ0n) is 15.5. The number of hydrogen-bond acceptors (Lipinski definition) is 6. The van der Waals surface area contributed by atoms with Crippen molar-refractivity contribution in [2.24, 2.45) is 5.92 Å². The molecule has 3 heterocycles. The van der Waals surface area contributed by atoms with E-state index >= 15 is 0 Å². The van der Waals surface area contributed by atoms with Gasteiger partial charge in [-0.15, -0.1) is 10.2 Å². The van der Waals surface area contributed by atoms with Gasteiger partial charge in [-0.3, -0.25) is 4.79 Å². The van der Waals surface area contributed by atoms with E-state index in [-0.39, 0.29) is 11.8 Å². The molecule has 0 saturated carbocycles. The van der Waals surface area contributed by atoms with Crippen LogP contribution < -0.4 is 10.2 Å². The highest BCUT2D eigenvalue weighted by molar-refractivity contribution is 6.31. The molecular weight excluding hydrogens is 390 g/mol. The van der Waals surface area contributed by atoms with Crippen molar-refractivity contribution >= 4 is 29.0 Å². The Kier molecular flexibility index (Phi) is 5.45. The van der Waals surface area contributed by atoms with Crippen molar-refractivity contribution in [1.29, 1.82) is 5.26 Å². The summed E-state index contributed by atoms with van der Waals surface area (Å²) in [5.74, 6) is 1.23. The third kappa shape index (κ3) is 4.23. The second-order valence-electron chi connectivity index (χ2n) is 6.81. The summed E-state index contributed by atoms with van der Waals surface area (Å²) in [4.78, 5) is 14.8. The van der Waals surface area contributed by atoms with E-state index < -0.39 is 0 Å². The van der Waals surface area contributed by atoms with Crippen molar-refractivity contribution in [3.05, 3.63) is 59.3 Å². The van der Waals surface area contributed by atoms with Crippen LogP contribution in [0.1, 0.15) is 18.4 Å². The standard InChI is InChI=1S/C21H18ClN5O2/c22-16-4-3-15(13-23)18(12-16)24-21(28)14-7-9-27(10-8-14)20-6-5-17(25-26-20)19-2-1-11-29-19/h1-6,11-12,14H,7-10H2,(H,24,28). The first-order valence-electron chi connectivity index (χ1n) is 9.27. The van der Waals surface area contributed by atoms with Gasteiger partial charge in [0.25, 0.3) is 0 Å². The molecule has 0 atom stereocenters. The first-order chi connectivity index (χ1) is 14.1. The highest BCUT2D eigenvalue weighted by Crippen LogP contribution is 2.26. The zero-order valence-corrected chi connectivity index (χ0v) is 16.3. The Bertz CT molecular complexity index is 1040. The molecule has 1 aromatic carbocycles. The maximum atomic E-state index is 12.6. The number of carbonyl (C=O) groups is 1. The van der Waals surface area contributed by atoms with Gasteiger partial charge in [0.05, 0.1) is 17.5 Å². The monoisotopic (exact) mass is 407 g/mol. The van der Waals surface area contributed by atoms with Crippen LogP contribution in [0, 0.1) is 17.2 Å². The summed E-state index contributed by atoms with van der Waals surface area (Å²) in [6.07, 6.45) is 2.98. The number of rotatable bonds is 4. The van der Waals surface area contributed by atoms with Crippen LogP contribution in [-0.4, -0.2) is 29.2 Å². The van der Waals surface area contributed by atoms with Crippen LogP contribution in [0.15, 0.2) is 53.1 Å². The molecule has 1 aliphatic rings. The average molecular weight is 408 g/mol. The molecule has 7 nitrogen and oxygen atoms in total. The van der Waals surface area contributed by atoms with E-state index in [0.717, 1.165) is 5.82 Å². The molecule has 1 aliphatic heterocycles. The Hall–Kier alpha value is -3.37. The molecule has 0 bridgehead atoms.